The van der Waals surface area contributed by atoms with Crippen LogP contribution in [0.1, 0.15) is 30.4 Å². The van der Waals surface area contributed by atoms with Crippen LogP contribution in [0, 0.1) is 11.3 Å². The minimum Gasteiger partial charge on any atom is -0.375 e. The van der Waals surface area contributed by atoms with E-state index in [2.05, 4.69) is 6.07 Å². The molecule has 5 nitrogen and oxygen atoms in total. The summed E-state index contributed by atoms with van der Waals surface area (Å²) in [6, 6.07) is 18.4. The maximum absolute atomic E-state index is 12.9. The smallest absolute Gasteiger partial charge is 0.264 e. The molecule has 1 aliphatic heterocycles. The quantitative estimate of drug-likeness (QED) is 0.607. The van der Waals surface area contributed by atoms with Crippen LogP contribution in [0.25, 0.3) is 6.08 Å². The van der Waals surface area contributed by atoms with Crippen molar-refractivity contribution in [1.29, 1.82) is 5.26 Å². The summed E-state index contributed by atoms with van der Waals surface area (Å²) in [5.41, 5.74) is 0.0340. The Morgan fingerprint density at radius 1 is 1.15 bits per heavy atom. The maximum atomic E-state index is 12.9. The van der Waals surface area contributed by atoms with Crippen LogP contribution in [-0.4, -0.2) is 23.3 Å². The fourth-order valence-electron chi connectivity index (χ4n) is 3.28. The minimum absolute atomic E-state index is 0.319. The van der Waals surface area contributed by atoms with Gasteiger partial charge in [0.25, 0.3) is 5.91 Å². The number of nitrogens with zero attached hydrogens (tertiary/aromatic N) is 2. The van der Waals surface area contributed by atoms with Gasteiger partial charge in [-0.05, 0) is 24.1 Å². The molecule has 3 rings (SSSR count). The lowest BCUT2D eigenvalue weighted by molar-refractivity contribution is -0.140. The Balaban J connectivity index is 1.81. The molecular weight excluding hydrogens is 340 g/mol. The number of fused-ring (bicyclic) bond motifs is 1. The van der Waals surface area contributed by atoms with E-state index < -0.39 is 11.5 Å². The van der Waals surface area contributed by atoms with E-state index in [4.69, 9.17) is 5.26 Å². The van der Waals surface area contributed by atoms with Gasteiger partial charge in [-0.25, -0.2) is 0 Å². The number of ketones is 1. The second kappa shape index (κ2) is 7.98. The summed E-state index contributed by atoms with van der Waals surface area (Å²) in [6.45, 7) is 0.333. The number of hydrogen-bond acceptors (Lipinski definition) is 4. The van der Waals surface area contributed by atoms with Crippen molar-refractivity contribution < 1.29 is 14.7 Å². The van der Waals surface area contributed by atoms with Gasteiger partial charge in [0.2, 0.25) is 0 Å². The highest BCUT2D eigenvalue weighted by Gasteiger charge is 2.50. The number of hydrogen-bond donors (Lipinski definition) is 1. The van der Waals surface area contributed by atoms with Gasteiger partial charge >= 0.3 is 0 Å². The van der Waals surface area contributed by atoms with Gasteiger partial charge in [0, 0.05) is 18.5 Å². The first-order chi connectivity index (χ1) is 13.1. The number of nitriles is 1. The summed E-state index contributed by atoms with van der Waals surface area (Å²) in [5.74, 6) is -0.841. The number of rotatable bonds is 7. The summed E-state index contributed by atoms with van der Waals surface area (Å²) in [7, 11) is 0. The number of benzene rings is 2. The number of aliphatic hydroxyl groups is 1. The second-order valence-corrected chi connectivity index (χ2v) is 6.48. The van der Waals surface area contributed by atoms with E-state index in [0.717, 1.165) is 5.56 Å². The van der Waals surface area contributed by atoms with Gasteiger partial charge in [0.15, 0.2) is 11.4 Å². The fraction of sp³-hybridized carbons (Fsp3) is 0.227. The molecule has 2 aromatic carbocycles. The van der Waals surface area contributed by atoms with Crippen LogP contribution in [0.2, 0.25) is 0 Å². The molecule has 0 saturated heterocycles. The fourth-order valence-corrected chi connectivity index (χ4v) is 3.28. The molecule has 1 heterocycles. The molecule has 0 aliphatic carbocycles. The number of allylic oxidation sites excluding steroid dienone is 1. The number of carbonyl (C=O) groups is 2. The minimum atomic E-state index is -1.87. The zero-order valence-electron chi connectivity index (χ0n) is 14.8. The van der Waals surface area contributed by atoms with E-state index >= 15 is 0 Å². The van der Waals surface area contributed by atoms with Gasteiger partial charge in [0.05, 0.1) is 18.2 Å². The third kappa shape index (κ3) is 3.81. The number of amides is 1. The zero-order valence-corrected chi connectivity index (χ0v) is 14.8. The van der Waals surface area contributed by atoms with Crippen LogP contribution in [-0.2, 0) is 15.2 Å². The summed E-state index contributed by atoms with van der Waals surface area (Å²) >= 11 is 0. The third-order valence-corrected chi connectivity index (χ3v) is 4.60. The molecule has 0 fully saturated rings. The van der Waals surface area contributed by atoms with E-state index in [9.17, 15) is 14.7 Å². The molecule has 5 heteroatoms. The van der Waals surface area contributed by atoms with Gasteiger partial charge < -0.3 is 10.0 Å². The number of unbranched alkanes of at least 4 members (excludes halogenated alkanes) is 1. The van der Waals surface area contributed by atoms with E-state index in [0.29, 0.717) is 30.6 Å². The van der Waals surface area contributed by atoms with Crippen molar-refractivity contribution in [3.05, 3.63) is 71.8 Å². The van der Waals surface area contributed by atoms with Gasteiger partial charge in [-0.15, -0.1) is 0 Å². The Hall–Kier alpha value is -3.23. The lowest BCUT2D eigenvalue weighted by Crippen LogP contribution is -2.42. The molecule has 0 bridgehead atoms. The molecular formula is C22H20N2O3. The van der Waals surface area contributed by atoms with Crippen LogP contribution < -0.4 is 4.90 Å². The second-order valence-electron chi connectivity index (χ2n) is 6.48. The highest BCUT2D eigenvalue weighted by Crippen LogP contribution is 2.42. The first-order valence-electron chi connectivity index (χ1n) is 8.83. The zero-order chi connectivity index (χ0) is 19.3. The molecule has 0 aromatic heterocycles. The highest BCUT2D eigenvalue weighted by molar-refractivity contribution is 6.10. The van der Waals surface area contributed by atoms with Crippen molar-refractivity contribution >= 4 is 23.5 Å². The molecule has 0 unspecified atom stereocenters. The molecule has 27 heavy (non-hydrogen) atoms. The molecule has 1 atom stereocenters. The molecule has 0 spiro atoms. The Kier molecular flexibility index (Phi) is 5.49. The normalized spacial score (nSPS) is 18.5. The first-order valence-corrected chi connectivity index (χ1v) is 8.83. The first kappa shape index (κ1) is 18.6. The van der Waals surface area contributed by atoms with E-state index in [1.807, 2.05) is 30.3 Å². The average Bonchev–Trinajstić information content (AvgIpc) is 2.89. The molecule has 2 aromatic rings. The van der Waals surface area contributed by atoms with Crippen molar-refractivity contribution in [3.63, 3.8) is 0 Å². The lowest BCUT2D eigenvalue weighted by Gasteiger charge is -2.22. The molecule has 1 N–H and O–H groups in total. The van der Waals surface area contributed by atoms with Crippen molar-refractivity contribution in [1.82, 2.24) is 0 Å². The van der Waals surface area contributed by atoms with Crippen LogP contribution in [0.5, 0.6) is 0 Å². The molecule has 1 amide bonds. The topological polar surface area (TPSA) is 81.4 Å². The molecule has 1 aliphatic rings. The van der Waals surface area contributed by atoms with Crippen LogP contribution in [0.3, 0.4) is 0 Å². The molecule has 0 saturated carbocycles. The van der Waals surface area contributed by atoms with Crippen LogP contribution >= 0.6 is 0 Å². The van der Waals surface area contributed by atoms with Gasteiger partial charge in [-0.2, -0.15) is 5.26 Å². The Labute approximate surface area is 158 Å². The number of para-hydroxylation sites is 1. The van der Waals surface area contributed by atoms with Crippen molar-refractivity contribution in [2.75, 3.05) is 11.4 Å². The van der Waals surface area contributed by atoms with Crippen LogP contribution in [0.15, 0.2) is 60.7 Å². The summed E-state index contributed by atoms with van der Waals surface area (Å²) in [6.07, 6.45) is 3.57. The SMILES string of the molecule is N#CCCCN1C(=O)[C@](O)(CC(=O)/C=C/c2ccccc2)c2ccccc21. The monoisotopic (exact) mass is 360 g/mol. The van der Waals surface area contributed by atoms with Crippen LogP contribution in [0.4, 0.5) is 5.69 Å². The van der Waals surface area contributed by atoms with Gasteiger partial charge in [0.1, 0.15) is 0 Å². The average molecular weight is 360 g/mol. The van der Waals surface area contributed by atoms with Crippen molar-refractivity contribution in [3.8, 4) is 6.07 Å². The Morgan fingerprint density at radius 2 is 1.85 bits per heavy atom. The largest absolute Gasteiger partial charge is 0.375 e. The van der Waals surface area contributed by atoms with E-state index in [-0.39, 0.29) is 12.2 Å². The highest BCUT2D eigenvalue weighted by atomic mass is 16.3. The third-order valence-electron chi connectivity index (χ3n) is 4.60. The summed E-state index contributed by atoms with van der Waals surface area (Å²) in [4.78, 5) is 26.8. The molecule has 136 valence electrons. The number of carbonyl (C=O) groups excluding carboxylic acids is 2. The summed E-state index contributed by atoms with van der Waals surface area (Å²) < 4.78 is 0. The van der Waals surface area contributed by atoms with Crippen molar-refractivity contribution in [2.24, 2.45) is 0 Å². The van der Waals surface area contributed by atoms with Crippen molar-refractivity contribution in [2.45, 2.75) is 24.9 Å². The lowest BCUT2D eigenvalue weighted by atomic mass is 9.89. The summed E-state index contributed by atoms with van der Waals surface area (Å²) in [5, 5.41) is 19.8. The number of anilines is 1. The van der Waals surface area contributed by atoms with Gasteiger partial charge in [-0.3, -0.25) is 9.59 Å². The predicted octanol–water partition coefficient (Wildman–Crippen LogP) is 3.20. The standard InChI is InChI=1S/C22H20N2O3/c23-14-6-7-15-24-20-11-5-4-10-19(20)22(27,21(24)26)16-18(25)13-12-17-8-2-1-3-9-17/h1-5,8-13,27H,6-7,15-16H2/b13-12+/t22-/m0/s1. The van der Waals surface area contributed by atoms with E-state index in [1.54, 1.807) is 30.3 Å². The molecule has 0 radical (unpaired) electrons. The predicted molar refractivity (Wildman–Crippen MR) is 103 cm³/mol. The Morgan fingerprint density at radius 3 is 2.59 bits per heavy atom. The van der Waals surface area contributed by atoms with E-state index in [1.165, 1.54) is 11.0 Å². The maximum Gasteiger partial charge on any atom is 0.264 e. The van der Waals surface area contributed by atoms with Gasteiger partial charge in [-0.1, -0.05) is 54.6 Å². The Bertz CT molecular complexity index is 915.